The first kappa shape index (κ1) is 13.1. The Balaban J connectivity index is 2.35. The second-order valence-corrected chi connectivity index (χ2v) is 4.33. The Bertz CT molecular complexity index is 598. The molecule has 0 heterocycles. The number of benzene rings is 2. The zero-order chi connectivity index (χ0) is 13.7. The Morgan fingerprint density at radius 1 is 1.05 bits per heavy atom. The normalized spacial score (nSPS) is 10.6. The Hall–Kier alpha value is -2.35. The van der Waals surface area contributed by atoms with Crippen molar-refractivity contribution in [1.29, 1.82) is 0 Å². The summed E-state index contributed by atoms with van der Waals surface area (Å²) in [5.41, 5.74) is 3.59. The van der Waals surface area contributed by atoms with E-state index < -0.39 is 0 Å². The Morgan fingerprint density at radius 2 is 1.79 bits per heavy atom. The molecule has 2 aromatic carbocycles. The molecule has 0 aromatic heterocycles. The van der Waals surface area contributed by atoms with Crippen LogP contribution in [0.3, 0.4) is 0 Å². The molecule has 0 aliphatic rings. The second kappa shape index (κ2) is 6.01. The van der Waals surface area contributed by atoms with Gasteiger partial charge in [0.25, 0.3) is 0 Å². The average molecular weight is 252 g/mol. The minimum Gasteiger partial charge on any atom is -0.465 e. The fourth-order valence-electron chi connectivity index (χ4n) is 1.85. The van der Waals surface area contributed by atoms with Crippen molar-refractivity contribution in [3.63, 3.8) is 0 Å². The van der Waals surface area contributed by atoms with Gasteiger partial charge >= 0.3 is 5.97 Å². The maximum Gasteiger partial charge on any atom is 0.338 e. The van der Waals surface area contributed by atoms with Crippen molar-refractivity contribution >= 4 is 18.1 Å². The van der Waals surface area contributed by atoms with Gasteiger partial charge in [-0.1, -0.05) is 60.2 Å². The number of ether oxygens (including phenoxy) is 1. The summed E-state index contributed by atoms with van der Waals surface area (Å²) in [4.78, 5) is 11.7. The van der Waals surface area contributed by atoms with Crippen LogP contribution in [0.1, 0.15) is 27.0 Å². The summed E-state index contributed by atoms with van der Waals surface area (Å²) in [6.45, 7) is 1.96. The predicted molar refractivity (Wildman–Crippen MR) is 77.9 cm³/mol. The summed E-state index contributed by atoms with van der Waals surface area (Å²) in [6.07, 6.45) is 3.91. The third-order valence-corrected chi connectivity index (χ3v) is 2.87. The number of methoxy groups -OCH3 is 1. The van der Waals surface area contributed by atoms with Crippen molar-refractivity contribution in [1.82, 2.24) is 0 Å². The zero-order valence-corrected chi connectivity index (χ0v) is 11.1. The number of carbonyl (C=O) groups is 1. The van der Waals surface area contributed by atoms with Crippen molar-refractivity contribution in [2.45, 2.75) is 6.92 Å². The van der Waals surface area contributed by atoms with Crippen LogP contribution in [0, 0.1) is 6.92 Å². The molecule has 0 aliphatic carbocycles. The fraction of sp³-hybridized carbons (Fsp3) is 0.118. The summed E-state index contributed by atoms with van der Waals surface area (Å²) < 4.78 is 4.81. The van der Waals surface area contributed by atoms with Gasteiger partial charge in [-0.3, -0.25) is 0 Å². The van der Waals surface area contributed by atoms with E-state index in [0.29, 0.717) is 5.56 Å². The monoisotopic (exact) mass is 252 g/mol. The molecule has 2 aromatic rings. The molecule has 96 valence electrons. The standard InChI is InChI=1S/C17H16O2/c1-13-8-10-15(16(12-13)17(18)19-2)11-9-14-6-4-3-5-7-14/h3-12H,1-2H3. The molecular weight excluding hydrogens is 236 g/mol. The van der Waals surface area contributed by atoms with Gasteiger partial charge in [0, 0.05) is 0 Å². The molecule has 0 saturated heterocycles. The number of carbonyl (C=O) groups excluding carboxylic acids is 1. The number of rotatable bonds is 3. The minimum atomic E-state index is -0.309. The van der Waals surface area contributed by atoms with E-state index >= 15 is 0 Å². The van der Waals surface area contributed by atoms with Gasteiger partial charge in [-0.2, -0.15) is 0 Å². The minimum absolute atomic E-state index is 0.309. The van der Waals surface area contributed by atoms with Crippen LogP contribution in [0.15, 0.2) is 48.5 Å². The van der Waals surface area contributed by atoms with E-state index in [1.807, 2.05) is 67.6 Å². The van der Waals surface area contributed by atoms with Crippen LogP contribution in [-0.4, -0.2) is 13.1 Å². The summed E-state index contributed by atoms with van der Waals surface area (Å²) in [6, 6.07) is 15.7. The molecule has 2 heteroatoms. The van der Waals surface area contributed by atoms with Crippen LogP contribution < -0.4 is 0 Å². The Labute approximate surface area is 113 Å². The smallest absolute Gasteiger partial charge is 0.338 e. The van der Waals surface area contributed by atoms with Gasteiger partial charge in [-0.25, -0.2) is 4.79 Å². The van der Waals surface area contributed by atoms with Crippen LogP contribution in [-0.2, 0) is 4.74 Å². The summed E-state index contributed by atoms with van der Waals surface area (Å²) >= 11 is 0. The van der Waals surface area contributed by atoms with Crippen molar-refractivity contribution in [2.24, 2.45) is 0 Å². The first-order valence-electron chi connectivity index (χ1n) is 6.13. The molecule has 0 N–H and O–H groups in total. The molecule has 0 atom stereocenters. The van der Waals surface area contributed by atoms with E-state index in [0.717, 1.165) is 16.7 Å². The van der Waals surface area contributed by atoms with E-state index in [2.05, 4.69) is 0 Å². The summed E-state index contributed by atoms with van der Waals surface area (Å²) in [5, 5.41) is 0. The molecule has 2 nitrogen and oxygen atoms in total. The molecule has 19 heavy (non-hydrogen) atoms. The largest absolute Gasteiger partial charge is 0.465 e. The topological polar surface area (TPSA) is 26.3 Å². The van der Waals surface area contributed by atoms with Crippen molar-refractivity contribution < 1.29 is 9.53 Å². The molecule has 0 bridgehead atoms. The highest BCUT2D eigenvalue weighted by molar-refractivity contribution is 5.95. The number of hydrogen-bond acceptors (Lipinski definition) is 2. The molecule has 0 amide bonds. The van der Waals surface area contributed by atoms with Gasteiger partial charge < -0.3 is 4.74 Å². The summed E-state index contributed by atoms with van der Waals surface area (Å²) in [5.74, 6) is -0.309. The number of aryl methyl sites for hydroxylation is 1. The lowest BCUT2D eigenvalue weighted by Crippen LogP contribution is -2.03. The fourth-order valence-corrected chi connectivity index (χ4v) is 1.85. The quantitative estimate of drug-likeness (QED) is 0.610. The Kier molecular flexibility index (Phi) is 4.14. The van der Waals surface area contributed by atoms with Crippen LogP contribution in [0.25, 0.3) is 12.2 Å². The molecular formula is C17H16O2. The van der Waals surface area contributed by atoms with E-state index in [1.165, 1.54) is 7.11 Å². The highest BCUT2D eigenvalue weighted by atomic mass is 16.5. The third-order valence-electron chi connectivity index (χ3n) is 2.87. The number of hydrogen-bond donors (Lipinski definition) is 0. The predicted octanol–water partition coefficient (Wildman–Crippen LogP) is 3.95. The van der Waals surface area contributed by atoms with Gasteiger partial charge in [0.2, 0.25) is 0 Å². The molecule has 0 aliphatic heterocycles. The van der Waals surface area contributed by atoms with E-state index in [1.54, 1.807) is 0 Å². The first-order valence-corrected chi connectivity index (χ1v) is 6.13. The molecule has 0 saturated carbocycles. The molecule has 2 rings (SSSR count). The van der Waals surface area contributed by atoms with Gasteiger partial charge in [-0.05, 0) is 24.1 Å². The Morgan fingerprint density at radius 3 is 2.47 bits per heavy atom. The maximum absolute atomic E-state index is 11.7. The highest BCUT2D eigenvalue weighted by Crippen LogP contribution is 2.16. The highest BCUT2D eigenvalue weighted by Gasteiger charge is 2.09. The molecule has 0 radical (unpaired) electrons. The average Bonchev–Trinajstić information content (AvgIpc) is 2.46. The maximum atomic E-state index is 11.7. The zero-order valence-electron chi connectivity index (χ0n) is 11.1. The van der Waals surface area contributed by atoms with Crippen LogP contribution in [0.5, 0.6) is 0 Å². The third kappa shape index (κ3) is 3.32. The van der Waals surface area contributed by atoms with Crippen molar-refractivity contribution in [2.75, 3.05) is 7.11 Å². The van der Waals surface area contributed by atoms with Gasteiger partial charge in [0.05, 0.1) is 12.7 Å². The lowest BCUT2D eigenvalue weighted by Gasteiger charge is -2.05. The second-order valence-electron chi connectivity index (χ2n) is 4.33. The van der Waals surface area contributed by atoms with E-state index in [-0.39, 0.29) is 5.97 Å². The molecule has 0 unspecified atom stereocenters. The van der Waals surface area contributed by atoms with Crippen LogP contribution in [0.4, 0.5) is 0 Å². The lowest BCUT2D eigenvalue weighted by molar-refractivity contribution is 0.0600. The van der Waals surface area contributed by atoms with Gasteiger partial charge in [-0.15, -0.1) is 0 Å². The molecule has 0 spiro atoms. The van der Waals surface area contributed by atoms with Crippen LogP contribution >= 0.6 is 0 Å². The molecule has 0 fully saturated rings. The van der Waals surface area contributed by atoms with E-state index in [4.69, 9.17) is 4.74 Å². The van der Waals surface area contributed by atoms with E-state index in [9.17, 15) is 4.79 Å². The lowest BCUT2D eigenvalue weighted by atomic mass is 10.0. The first-order chi connectivity index (χ1) is 9.20. The van der Waals surface area contributed by atoms with Gasteiger partial charge in [0.1, 0.15) is 0 Å². The number of esters is 1. The van der Waals surface area contributed by atoms with Crippen molar-refractivity contribution in [3.8, 4) is 0 Å². The summed E-state index contributed by atoms with van der Waals surface area (Å²) in [7, 11) is 1.40. The van der Waals surface area contributed by atoms with Gasteiger partial charge in [0.15, 0.2) is 0 Å². The van der Waals surface area contributed by atoms with Crippen molar-refractivity contribution in [3.05, 3.63) is 70.8 Å². The van der Waals surface area contributed by atoms with Crippen LogP contribution in [0.2, 0.25) is 0 Å². The SMILES string of the molecule is COC(=O)c1cc(C)ccc1C=Cc1ccccc1.